The Kier molecular flexibility index (Phi) is 4.27. The molecular formula is C5H13N3O4S. The molecule has 7 nitrogen and oxygen atoms in total. The minimum atomic E-state index is -3.61. The summed E-state index contributed by atoms with van der Waals surface area (Å²) < 4.78 is 24.9. The quantitative estimate of drug-likeness (QED) is 0.457. The third kappa shape index (κ3) is 4.18. The number of nitrogens with two attached hydrogens (primary N) is 1. The molecule has 0 aromatic heterocycles. The summed E-state index contributed by atoms with van der Waals surface area (Å²) in [5, 5.41) is 8.85. The van der Waals surface area contributed by atoms with Gasteiger partial charge in [0.05, 0.1) is 0 Å². The van der Waals surface area contributed by atoms with Gasteiger partial charge in [-0.1, -0.05) is 0 Å². The fourth-order valence-corrected chi connectivity index (χ4v) is 1.04. The van der Waals surface area contributed by atoms with Gasteiger partial charge in [0, 0.05) is 20.6 Å². The van der Waals surface area contributed by atoms with E-state index >= 15 is 0 Å². The van der Waals surface area contributed by atoms with Crippen LogP contribution in [0.25, 0.3) is 0 Å². The van der Waals surface area contributed by atoms with Gasteiger partial charge in [-0.3, -0.25) is 4.79 Å². The van der Waals surface area contributed by atoms with Crippen LogP contribution in [0.4, 0.5) is 0 Å². The Morgan fingerprint density at radius 1 is 1.62 bits per heavy atom. The average Bonchev–Trinajstić information content (AvgIpc) is 1.99. The summed E-state index contributed by atoms with van der Waals surface area (Å²) in [6.45, 7) is -0.421. The molecule has 1 amide bonds. The molecule has 0 spiro atoms. The standard InChI is InChI=1S/C5H13N3O4S/c1-8(2)13(11,12)7-3-4(9)5(6)10/h4,7,9H,3H2,1-2H3,(H2,6,10). The molecule has 1 unspecified atom stereocenters. The van der Waals surface area contributed by atoms with Crippen LogP contribution in [0.15, 0.2) is 0 Å². The first-order chi connectivity index (χ1) is 5.77. The van der Waals surface area contributed by atoms with Gasteiger partial charge in [0.25, 0.3) is 10.2 Å². The second-order valence-corrected chi connectivity index (χ2v) is 4.52. The molecule has 13 heavy (non-hydrogen) atoms. The number of hydrogen-bond acceptors (Lipinski definition) is 4. The number of aliphatic hydroxyl groups excluding tert-OH is 1. The summed E-state index contributed by atoms with van der Waals surface area (Å²) in [7, 11) is -0.974. The minimum Gasteiger partial charge on any atom is -0.382 e. The number of carbonyl (C=O) groups excluding carboxylic acids is 1. The number of aliphatic hydroxyl groups is 1. The predicted octanol–water partition coefficient (Wildman–Crippen LogP) is -2.77. The molecule has 0 rings (SSSR count). The van der Waals surface area contributed by atoms with E-state index in [1.807, 2.05) is 4.72 Å². The second-order valence-electron chi connectivity index (χ2n) is 2.55. The van der Waals surface area contributed by atoms with Crippen molar-refractivity contribution in [3.05, 3.63) is 0 Å². The Balaban J connectivity index is 4.11. The number of nitrogens with one attached hydrogen (secondary N) is 1. The SMILES string of the molecule is CN(C)S(=O)(=O)NCC(O)C(N)=O. The Morgan fingerprint density at radius 2 is 2.08 bits per heavy atom. The average molecular weight is 211 g/mol. The zero-order chi connectivity index (χ0) is 10.6. The van der Waals surface area contributed by atoms with Crippen LogP contribution >= 0.6 is 0 Å². The lowest BCUT2D eigenvalue weighted by Crippen LogP contribution is -2.43. The highest BCUT2D eigenvalue weighted by Gasteiger charge is 2.17. The Labute approximate surface area is 76.7 Å². The molecule has 0 aromatic rings. The normalized spacial score (nSPS) is 14.5. The van der Waals surface area contributed by atoms with Crippen molar-refractivity contribution in [1.82, 2.24) is 9.03 Å². The lowest BCUT2D eigenvalue weighted by Gasteiger charge is -2.13. The largest absolute Gasteiger partial charge is 0.382 e. The van der Waals surface area contributed by atoms with Crippen molar-refractivity contribution in [2.24, 2.45) is 5.73 Å². The van der Waals surface area contributed by atoms with E-state index in [4.69, 9.17) is 10.8 Å². The van der Waals surface area contributed by atoms with E-state index in [1.54, 1.807) is 0 Å². The van der Waals surface area contributed by atoms with Crippen LogP contribution in [-0.2, 0) is 15.0 Å². The van der Waals surface area contributed by atoms with Crippen LogP contribution in [0.1, 0.15) is 0 Å². The molecule has 78 valence electrons. The summed E-state index contributed by atoms with van der Waals surface area (Å²) in [5.74, 6) is -0.971. The number of primary amides is 1. The Hall–Kier alpha value is -0.700. The third-order valence-electron chi connectivity index (χ3n) is 1.27. The van der Waals surface area contributed by atoms with E-state index in [9.17, 15) is 13.2 Å². The van der Waals surface area contributed by atoms with Crippen molar-refractivity contribution >= 4 is 16.1 Å². The van der Waals surface area contributed by atoms with Gasteiger partial charge in [-0.05, 0) is 0 Å². The maximum Gasteiger partial charge on any atom is 0.279 e. The summed E-state index contributed by atoms with van der Waals surface area (Å²) in [6.07, 6.45) is -1.50. The fourth-order valence-electron chi connectivity index (χ4n) is 0.414. The monoisotopic (exact) mass is 211 g/mol. The van der Waals surface area contributed by atoms with E-state index in [2.05, 4.69) is 0 Å². The van der Waals surface area contributed by atoms with Crippen LogP contribution in [0.5, 0.6) is 0 Å². The second kappa shape index (κ2) is 4.51. The molecule has 0 radical (unpaired) electrons. The fraction of sp³-hybridized carbons (Fsp3) is 0.800. The maximum absolute atomic E-state index is 11.0. The lowest BCUT2D eigenvalue weighted by atomic mass is 10.3. The molecular weight excluding hydrogens is 198 g/mol. The van der Waals surface area contributed by atoms with Gasteiger partial charge in [-0.25, -0.2) is 0 Å². The van der Waals surface area contributed by atoms with E-state index in [0.29, 0.717) is 0 Å². The predicted molar refractivity (Wildman–Crippen MR) is 45.8 cm³/mol. The molecule has 0 saturated carbocycles. The van der Waals surface area contributed by atoms with E-state index < -0.39 is 28.8 Å². The summed E-state index contributed by atoms with van der Waals surface area (Å²) in [6, 6.07) is 0. The van der Waals surface area contributed by atoms with Crippen LogP contribution in [0.3, 0.4) is 0 Å². The summed E-state index contributed by atoms with van der Waals surface area (Å²) >= 11 is 0. The van der Waals surface area contributed by atoms with E-state index in [1.165, 1.54) is 14.1 Å². The number of nitrogens with zero attached hydrogens (tertiary/aromatic N) is 1. The van der Waals surface area contributed by atoms with Crippen LogP contribution in [-0.4, -0.2) is 50.5 Å². The van der Waals surface area contributed by atoms with Crippen molar-refractivity contribution in [2.75, 3.05) is 20.6 Å². The van der Waals surface area contributed by atoms with Crippen LogP contribution in [0, 0.1) is 0 Å². The van der Waals surface area contributed by atoms with E-state index in [-0.39, 0.29) is 0 Å². The number of amides is 1. The van der Waals surface area contributed by atoms with Gasteiger partial charge >= 0.3 is 0 Å². The Morgan fingerprint density at radius 3 is 2.38 bits per heavy atom. The van der Waals surface area contributed by atoms with Gasteiger partial charge in [0.15, 0.2) is 0 Å². The molecule has 0 aliphatic rings. The molecule has 0 bridgehead atoms. The number of hydrogen-bond donors (Lipinski definition) is 3. The highest BCUT2D eigenvalue weighted by atomic mass is 32.2. The zero-order valence-corrected chi connectivity index (χ0v) is 8.21. The van der Waals surface area contributed by atoms with Gasteiger partial charge in [-0.15, -0.1) is 0 Å². The van der Waals surface area contributed by atoms with Crippen molar-refractivity contribution in [3.8, 4) is 0 Å². The molecule has 0 aromatic carbocycles. The lowest BCUT2D eigenvalue weighted by molar-refractivity contribution is -0.125. The topological polar surface area (TPSA) is 113 Å². The minimum absolute atomic E-state index is 0.421. The van der Waals surface area contributed by atoms with Crippen LogP contribution < -0.4 is 10.5 Å². The molecule has 0 aliphatic heterocycles. The molecule has 0 saturated heterocycles. The number of carbonyl (C=O) groups is 1. The third-order valence-corrected chi connectivity index (χ3v) is 2.76. The molecule has 4 N–H and O–H groups in total. The summed E-state index contributed by atoms with van der Waals surface area (Å²) in [5.41, 5.74) is 4.70. The summed E-state index contributed by atoms with van der Waals surface area (Å²) in [4.78, 5) is 10.3. The molecule has 0 heterocycles. The first-order valence-corrected chi connectivity index (χ1v) is 4.86. The molecule has 8 heteroatoms. The highest BCUT2D eigenvalue weighted by molar-refractivity contribution is 7.87. The number of rotatable bonds is 5. The smallest absolute Gasteiger partial charge is 0.279 e. The van der Waals surface area contributed by atoms with Gasteiger partial charge in [0.1, 0.15) is 6.10 Å². The molecule has 1 atom stereocenters. The van der Waals surface area contributed by atoms with Crippen LogP contribution in [0.2, 0.25) is 0 Å². The van der Waals surface area contributed by atoms with Crippen molar-refractivity contribution < 1.29 is 18.3 Å². The zero-order valence-electron chi connectivity index (χ0n) is 7.39. The first-order valence-electron chi connectivity index (χ1n) is 3.42. The van der Waals surface area contributed by atoms with Gasteiger partial charge in [-0.2, -0.15) is 17.4 Å². The first kappa shape index (κ1) is 12.3. The maximum atomic E-state index is 11.0. The Bertz CT molecular complexity index is 274. The van der Waals surface area contributed by atoms with Gasteiger partial charge < -0.3 is 10.8 Å². The van der Waals surface area contributed by atoms with Crippen molar-refractivity contribution in [2.45, 2.75) is 6.10 Å². The molecule has 0 aliphatic carbocycles. The highest BCUT2D eigenvalue weighted by Crippen LogP contribution is 1.88. The van der Waals surface area contributed by atoms with Crippen molar-refractivity contribution in [1.29, 1.82) is 0 Å². The van der Waals surface area contributed by atoms with Crippen molar-refractivity contribution in [3.63, 3.8) is 0 Å². The van der Waals surface area contributed by atoms with Gasteiger partial charge in [0.2, 0.25) is 5.91 Å². The molecule has 0 fully saturated rings. The van der Waals surface area contributed by atoms with E-state index in [0.717, 1.165) is 4.31 Å².